The van der Waals surface area contributed by atoms with Gasteiger partial charge in [0.25, 0.3) is 0 Å². The summed E-state index contributed by atoms with van der Waals surface area (Å²) in [6, 6.07) is 7.78. The third kappa shape index (κ3) is 1.69. The maximum absolute atomic E-state index is 12.4. The van der Waals surface area contributed by atoms with Crippen molar-refractivity contribution >= 4 is 16.6 Å². The lowest BCUT2D eigenvalue weighted by Gasteiger charge is -2.19. The minimum Gasteiger partial charge on any atom is -0.497 e. The number of fused-ring (bicyclic) bond motifs is 3. The van der Waals surface area contributed by atoms with Gasteiger partial charge < -0.3 is 9.47 Å². The Morgan fingerprint density at radius 2 is 1.80 bits per heavy atom. The Kier molecular flexibility index (Phi) is 2.75. The van der Waals surface area contributed by atoms with E-state index in [-0.39, 0.29) is 11.2 Å². The zero-order valence-corrected chi connectivity index (χ0v) is 12.2. The van der Waals surface area contributed by atoms with Gasteiger partial charge in [0.05, 0.1) is 14.2 Å². The molecule has 0 saturated heterocycles. The van der Waals surface area contributed by atoms with Crippen molar-refractivity contribution in [2.45, 2.75) is 25.7 Å². The van der Waals surface area contributed by atoms with Crippen LogP contribution in [0.3, 0.4) is 0 Å². The molecule has 3 nitrogen and oxygen atoms in total. The summed E-state index contributed by atoms with van der Waals surface area (Å²) in [6.07, 6.45) is 0.543. The lowest BCUT2D eigenvalue weighted by molar-refractivity contribution is 0.0981. The second kappa shape index (κ2) is 4.23. The monoisotopic (exact) mass is 270 g/mol. The van der Waals surface area contributed by atoms with Crippen LogP contribution in [0.1, 0.15) is 36.2 Å². The number of hydrogen-bond acceptors (Lipinski definition) is 3. The minimum atomic E-state index is -0.142. The van der Waals surface area contributed by atoms with E-state index in [9.17, 15) is 4.79 Å². The lowest BCUT2D eigenvalue weighted by Crippen LogP contribution is -2.12. The molecule has 0 aliphatic heterocycles. The first kappa shape index (κ1) is 13.0. The fourth-order valence-electron chi connectivity index (χ4n) is 3.09. The van der Waals surface area contributed by atoms with Crippen molar-refractivity contribution in [2.75, 3.05) is 14.2 Å². The number of benzene rings is 2. The maximum Gasteiger partial charge on any atom is 0.164 e. The highest BCUT2D eigenvalue weighted by Gasteiger charge is 2.37. The van der Waals surface area contributed by atoms with Gasteiger partial charge in [0.1, 0.15) is 11.5 Å². The summed E-state index contributed by atoms with van der Waals surface area (Å²) in [7, 11) is 3.29. The smallest absolute Gasteiger partial charge is 0.164 e. The summed E-state index contributed by atoms with van der Waals surface area (Å²) in [5, 5.41) is 1.88. The standard InChI is InChI=1S/C17H18O3/c1-17(2)9-14(18)16-12-7-10(19-3)5-6-11(12)15(20-4)8-13(16)17/h5-8H,9H2,1-4H3. The zero-order valence-electron chi connectivity index (χ0n) is 12.2. The molecule has 0 N–H and O–H groups in total. The molecule has 0 fully saturated rings. The number of ether oxygens (including phenoxy) is 2. The quantitative estimate of drug-likeness (QED) is 0.834. The fraction of sp³-hybridized carbons (Fsp3) is 0.353. The van der Waals surface area contributed by atoms with Crippen LogP contribution in [0.25, 0.3) is 10.8 Å². The van der Waals surface area contributed by atoms with Crippen molar-refractivity contribution in [1.82, 2.24) is 0 Å². The Bertz CT molecular complexity index is 714. The van der Waals surface area contributed by atoms with Gasteiger partial charge in [-0.25, -0.2) is 0 Å². The molecule has 0 saturated carbocycles. The van der Waals surface area contributed by atoms with E-state index in [1.165, 1.54) is 0 Å². The van der Waals surface area contributed by atoms with E-state index in [2.05, 4.69) is 13.8 Å². The minimum absolute atomic E-state index is 0.142. The number of Topliss-reactive ketones (excluding diaryl/α,β-unsaturated/α-hetero) is 1. The van der Waals surface area contributed by atoms with Crippen LogP contribution in [0.5, 0.6) is 11.5 Å². The molecule has 1 aliphatic rings. The molecule has 2 aromatic rings. The highest BCUT2D eigenvalue weighted by molar-refractivity contribution is 6.14. The first-order valence-electron chi connectivity index (χ1n) is 6.70. The van der Waals surface area contributed by atoms with Crippen molar-refractivity contribution in [3.05, 3.63) is 35.4 Å². The second-order valence-electron chi connectivity index (χ2n) is 5.90. The molecule has 0 heterocycles. The largest absolute Gasteiger partial charge is 0.497 e. The molecule has 2 aromatic carbocycles. The second-order valence-corrected chi connectivity index (χ2v) is 5.90. The number of carbonyl (C=O) groups excluding carboxylic acids is 1. The van der Waals surface area contributed by atoms with Gasteiger partial charge in [-0.1, -0.05) is 13.8 Å². The first-order chi connectivity index (χ1) is 9.47. The summed E-state index contributed by atoms with van der Waals surface area (Å²) in [6.45, 7) is 4.20. The van der Waals surface area contributed by atoms with Crippen molar-refractivity contribution in [3.63, 3.8) is 0 Å². The highest BCUT2D eigenvalue weighted by atomic mass is 16.5. The van der Waals surface area contributed by atoms with Crippen LogP contribution in [0.15, 0.2) is 24.3 Å². The molecule has 3 rings (SSSR count). The van der Waals surface area contributed by atoms with Gasteiger partial charge in [0.2, 0.25) is 0 Å². The van der Waals surface area contributed by atoms with Gasteiger partial charge in [0, 0.05) is 22.8 Å². The van der Waals surface area contributed by atoms with Crippen LogP contribution in [-0.2, 0) is 5.41 Å². The van der Waals surface area contributed by atoms with Crippen LogP contribution in [-0.4, -0.2) is 20.0 Å². The summed E-state index contributed by atoms with van der Waals surface area (Å²) in [5.41, 5.74) is 1.75. The van der Waals surface area contributed by atoms with Crippen molar-refractivity contribution in [2.24, 2.45) is 0 Å². The molecule has 0 bridgehead atoms. The summed E-state index contributed by atoms with van der Waals surface area (Å²) < 4.78 is 10.8. The molecule has 3 heteroatoms. The van der Waals surface area contributed by atoms with E-state index in [1.807, 2.05) is 24.3 Å². The Morgan fingerprint density at radius 3 is 2.45 bits per heavy atom. The number of hydrogen-bond donors (Lipinski definition) is 0. The van der Waals surface area contributed by atoms with E-state index in [4.69, 9.17) is 9.47 Å². The molecule has 0 aromatic heterocycles. The maximum atomic E-state index is 12.4. The molecule has 0 spiro atoms. The molecular weight excluding hydrogens is 252 g/mol. The molecular formula is C17H18O3. The first-order valence-corrected chi connectivity index (χ1v) is 6.70. The van der Waals surface area contributed by atoms with Gasteiger partial charge in [-0.3, -0.25) is 4.79 Å². The van der Waals surface area contributed by atoms with E-state index >= 15 is 0 Å². The highest BCUT2D eigenvalue weighted by Crippen LogP contribution is 2.45. The fourth-order valence-corrected chi connectivity index (χ4v) is 3.09. The molecule has 0 amide bonds. The Labute approximate surface area is 118 Å². The average Bonchev–Trinajstić information content (AvgIpc) is 2.66. The number of carbonyl (C=O) groups is 1. The molecule has 0 radical (unpaired) electrons. The Balaban J connectivity index is 2.44. The van der Waals surface area contributed by atoms with Crippen molar-refractivity contribution in [3.8, 4) is 11.5 Å². The molecule has 1 aliphatic carbocycles. The average molecular weight is 270 g/mol. The predicted molar refractivity (Wildman–Crippen MR) is 79.0 cm³/mol. The van der Waals surface area contributed by atoms with Gasteiger partial charge in [0.15, 0.2) is 5.78 Å². The van der Waals surface area contributed by atoms with Crippen LogP contribution in [0.4, 0.5) is 0 Å². The van der Waals surface area contributed by atoms with Crippen LogP contribution in [0, 0.1) is 0 Å². The SMILES string of the molecule is COc1ccc2c(OC)cc3c(c2c1)C(=O)CC3(C)C. The predicted octanol–water partition coefficient (Wildman–Crippen LogP) is 3.72. The zero-order chi connectivity index (χ0) is 14.5. The van der Waals surface area contributed by atoms with E-state index in [1.54, 1.807) is 14.2 Å². The van der Waals surface area contributed by atoms with E-state index in [0.29, 0.717) is 6.42 Å². The number of ketones is 1. The molecule has 104 valence electrons. The molecule has 0 atom stereocenters. The molecule has 0 unspecified atom stereocenters. The Hall–Kier alpha value is -2.03. The van der Waals surface area contributed by atoms with Gasteiger partial charge in [-0.15, -0.1) is 0 Å². The van der Waals surface area contributed by atoms with Crippen LogP contribution < -0.4 is 9.47 Å². The molecule has 20 heavy (non-hydrogen) atoms. The van der Waals surface area contributed by atoms with Gasteiger partial charge in [-0.05, 0) is 35.2 Å². The van der Waals surface area contributed by atoms with E-state index < -0.39 is 0 Å². The van der Waals surface area contributed by atoms with Gasteiger partial charge >= 0.3 is 0 Å². The summed E-state index contributed by atoms with van der Waals surface area (Å²) in [5.74, 6) is 1.76. The summed E-state index contributed by atoms with van der Waals surface area (Å²) in [4.78, 5) is 12.4. The van der Waals surface area contributed by atoms with Crippen LogP contribution >= 0.6 is 0 Å². The topological polar surface area (TPSA) is 35.5 Å². The Morgan fingerprint density at radius 1 is 1.05 bits per heavy atom. The number of methoxy groups -OCH3 is 2. The summed E-state index contributed by atoms with van der Waals surface area (Å²) >= 11 is 0. The van der Waals surface area contributed by atoms with Crippen molar-refractivity contribution < 1.29 is 14.3 Å². The normalized spacial score (nSPS) is 16.3. The third-order valence-corrected chi connectivity index (χ3v) is 4.14. The third-order valence-electron chi connectivity index (χ3n) is 4.14. The lowest BCUT2D eigenvalue weighted by atomic mass is 9.85. The number of rotatable bonds is 2. The van der Waals surface area contributed by atoms with Gasteiger partial charge in [-0.2, -0.15) is 0 Å². The van der Waals surface area contributed by atoms with Crippen LogP contribution in [0.2, 0.25) is 0 Å². The van der Waals surface area contributed by atoms with E-state index in [0.717, 1.165) is 33.4 Å². The van der Waals surface area contributed by atoms with Crippen molar-refractivity contribution in [1.29, 1.82) is 0 Å².